The van der Waals surface area contributed by atoms with Crippen LogP contribution in [0.25, 0.3) is 5.57 Å². The molecule has 1 heterocycles. The number of hydrogen-bond acceptors (Lipinski definition) is 5. The number of hydrogen-bond donors (Lipinski definition) is 1. The second kappa shape index (κ2) is 7.47. The van der Waals surface area contributed by atoms with E-state index in [1.807, 2.05) is 30.3 Å². The fourth-order valence-electron chi connectivity index (χ4n) is 2.62. The van der Waals surface area contributed by atoms with E-state index >= 15 is 0 Å². The first-order chi connectivity index (χ1) is 12.4. The average Bonchev–Trinajstić information content (AvgIpc) is 2.98. The summed E-state index contributed by atoms with van der Waals surface area (Å²) in [6.07, 6.45) is 0.451. The van der Waals surface area contributed by atoms with Gasteiger partial charge in [-0.15, -0.1) is 0 Å². The molecule has 26 heavy (non-hydrogen) atoms. The third-order valence-electron chi connectivity index (χ3n) is 4.11. The summed E-state index contributed by atoms with van der Waals surface area (Å²) in [4.78, 5) is 23.6. The Balaban J connectivity index is 1.77. The number of carbonyl (C=O) groups excluding carboxylic acids is 2. The Kier molecular flexibility index (Phi) is 5.29. The van der Waals surface area contributed by atoms with Gasteiger partial charge in [0.25, 0.3) is 11.1 Å². The Morgan fingerprint density at radius 3 is 2.23 bits per heavy atom. The highest BCUT2D eigenvalue weighted by molar-refractivity contribution is 8.18. The molecule has 2 amide bonds. The number of amides is 2. The summed E-state index contributed by atoms with van der Waals surface area (Å²) in [5.74, 6) is -0.388. The molecule has 5 nitrogen and oxygen atoms in total. The molecule has 2 aromatic carbocycles. The Bertz CT molecular complexity index is 978. The maximum absolute atomic E-state index is 12.5. The van der Waals surface area contributed by atoms with E-state index in [1.165, 1.54) is 0 Å². The predicted molar refractivity (Wildman–Crippen MR) is 102 cm³/mol. The van der Waals surface area contributed by atoms with E-state index < -0.39 is 21.0 Å². The zero-order valence-corrected chi connectivity index (χ0v) is 15.7. The molecule has 0 unspecified atom stereocenters. The van der Waals surface area contributed by atoms with E-state index in [4.69, 9.17) is 0 Å². The topological polar surface area (TPSA) is 80.3 Å². The predicted octanol–water partition coefficient (Wildman–Crippen LogP) is 3.42. The Morgan fingerprint density at radius 1 is 1.00 bits per heavy atom. The number of imide groups is 1. The first kappa shape index (κ1) is 18.4. The van der Waals surface area contributed by atoms with Crippen LogP contribution < -0.4 is 5.32 Å². The summed E-state index contributed by atoms with van der Waals surface area (Å²) in [5, 5.41) is 1.82. The monoisotopic (exact) mass is 387 g/mol. The Labute approximate surface area is 156 Å². The van der Waals surface area contributed by atoms with Gasteiger partial charge in [0.2, 0.25) is 0 Å². The van der Waals surface area contributed by atoms with Crippen LogP contribution in [0.2, 0.25) is 0 Å². The van der Waals surface area contributed by atoms with Crippen molar-refractivity contribution in [2.45, 2.75) is 18.2 Å². The zero-order valence-electron chi connectivity index (χ0n) is 14.1. The highest BCUT2D eigenvalue weighted by Crippen LogP contribution is 2.31. The highest BCUT2D eigenvalue weighted by atomic mass is 32.2. The second-order valence-electron chi connectivity index (χ2n) is 5.88. The van der Waals surface area contributed by atoms with E-state index in [0.717, 1.165) is 17.3 Å². The van der Waals surface area contributed by atoms with Crippen LogP contribution in [0.4, 0.5) is 4.79 Å². The standard InChI is InChI=1S/C19H17NO4S2/c1-13(17-18(21)20-19(22)25-17)15-7-9-16(10-8-15)26(23,24)12-11-14-5-3-2-4-6-14/h2-10H,11-12H2,1H3,(H,20,21,22)/b17-13+. The molecule has 0 saturated carbocycles. The van der Waals surface area contributed by atoms with Gasteiger partial charge in [-0.3, -0.25) is 14.9 Å². The van der Waals surface area contributed by atoms with Crippen molar-refractivity contribution in [3.05, 3.63) is 70.6 Å². The number of carbonyl (C=O) groups is 2. The number of allylic oxidation sites excluding steroid dienone is 1. The lowest BCUT2D eigenvalue weighted by Crippen LogP contribution is -2.18. The molecule has 134 valence electrons. The minimum Gasteiger partial charge on any atom is -0.282 e. The van der Waals surface area contributed by atoms with E-state index in [2.05, 4.69) is 5.32 Å². The van der Waals surface area contributed by atoms with Gasteiger partial charge in [0.1, 0.15) is 0 Å². The Morgan fingerprint density at radius 2 is 1.65 bits per heavy atom. The van der Waals surface area contributed by atoms with Gasteiger partial charge in [0, 0.05) is 0 Å². The molecule has 1 aliphatic rings. The van der Waals surface area contributed by atoms with Crippen molar-refractivity contribution in [3.63, 3.8) is 0 Å². The van der Waals surface area contributed by atoms with Gasteiger partial charge in [0.05, 0.1) is 15.6 Å². The third kappa shape index (κ3) is 4.05. The lowest BCUT2D eigenvalue weighted by Gasteiger charge is -2.08. The van der Waals surface area contributed by atoms with E-state index in [9.17, 15) is 18.0 Å². The number of benzene rings is 2. The van der Waals surface area contributed by atoms with Crippen LogP contribution in [0.1, 0.15) is 18.1 Å². The molecule has 0 spiro atoms. The van der Waals surface area contributed by atoms with E-state index in [-0.39, 0.29) is 10.6 Å². The van der Waals surface area contributed by atoms with Gasteiger partial charge in [-0.25, -0.2) is 8.42 Å². The van der Waals surface area contributed by atoms with Crippen molar-refractivity contribution in [3.8, 4) is 0 Å². The van der Waals surface area contributed by atoms with Crippen molar-refractivity contribution in [1.82, 2.24) is 5.32 Å². The van der Waals surface area contributed by atoms with E-state index in [1.54, 1.807) is 31.2 Å². The zero-order chi connectivity index (χ0) is 18.7. The number of sulfone groups is 1. The number of thioether (sulfide) groups is 1. The minimum atomic E-state index is -3.39. The molecule has 2 aromatic rings. The minimum absolute atomic E-state index is 0.0309. The first-order valence-electron chi connectivity index (χ1n) is 7.98. The number of nitrogens with one attached hydrogen (secondary N) is 1. The molecule has 0 aromatic heterocycles. The summed E-state index contributed by atoms with van der Waals surface area (Å²) in [6, 6.07) is 15.9. The lowest BCUT2D eigenvalue weighted by molar-refractivity contribution is -0.115. The lowest BCUT2D eigenvalue weighted by atomic mass is 10.1. The third-order valence-corrected chi connectivity index (χ3v) is 6.82. The van der Waals surface area contributed by atoms with Crippen molar-refractivity contribution >= 4 is 38.3 Å². The maximum atomic E-state index is 12.5. The van der Waals surface area contributed by atoms with Crippen LogP contribution >= 0.6 is 11.8 Å². The second-order valence-corrected chi connectivity index (χ2v) is 8.97. The van der Waals surface area contributed by atoms with Gasteiger partial charge >= 0.3 is 0 Å². The van der Waals surface area contributed by atoms with Crippen LogP contribution in [0.15, 0.2) is 64.4 Å². The van der Waals surface area contributed by atoms with Gasteiger partial charge in [0.15, 0.2) is 9.84 Å². The summed E-state index contributed by atoms with van der Waals surface area (Å²) >= 11 is 0.854. The van der Waals surface area contributed by atoms with Gasteiger partial charge in [-0.05, 0) is 53.9 Å². The molecular weight excluding hydrogens is 370 g/mol. The van der Waals surface area contributed by atoms with Gasteiger partial charge in [-0.1, -0.05) is 42.5 Å². The Hall–Kier alpha value is -2.38. The molecule has 1 fully saturated rings. The maximum Gasteiger partial charge on any atom is 0.290 e. The van der Waals surface area contributed by atoms with Crippen molar-refractivity contribution in [2.75, 3.05) is 5.75 Å². The molecular formula is C19H17NO4S2. The smallest absolute Gasteiger partial charge is 0.282 e. The first-order valence-corrected chi connectivity index (χ1v) is 10.4. The number of aryl methyl sites for hydroxylation is 1. The normalized spacial score (nSPS) is 16.5. The fourth-order valence-corrected chi connectivity index (χ4v) is 4.65. The summed E-state index contributed by atoms with van der Waals surface area (Å²) < 4.78 is 25.0. The van der Waals surface area contributed by atoms with Crippen LogP contribution in [0.3, 0.4) is 0 Å². The molecule has 1 N–H and O–H groups in total. The molecule has 0 bridgehead atoms. The number of rotatable bonds is 5. The van der Waals surface area contributed by atoms with Gasteiger partial charge < -0.3 is 0 Å². The van der Waals surface area contributed by atoms with Gasteiger partial charge in [-0.2, -0.15) is 0 Å². The van der Waals surface area contributed by atoms with Crippen LogP contribution in [-0.4, -0.2) is 25.3 Å². The summed E-state index contributed by atoms with van der Waals surface area (Å²) in [7, 11) is -3.39. The van der Waals surface area contributed by atoms with Crippen molar-refractivity contribution < 1.29 is 18.0 Å². The average molecular weight is 387 g/mol. The molecule has 1 aliphatic heterocycles. The molecule has 1 saturated heterocycles. The van der Waals surface area contributed by atoms with Crippen LogP contribution in [-0.2, 0) is 21.1 Å². The molecule has 3 rings (SSSR count). The van der Waals surface area contributed by atoms with E-state index in [0.29, 0.717) is 22.5 Å². The molecule has 0 atom stereocenters. The largest absolute Gasteiger partial charge is 0.290 e. The molecule has 0 radical (unpaired) electrons. The molecule has 0 aliphatic carbocycles. The quantitative estimate of drug-likeness (QED) is 0.795. The van der Waals surface area contributed by atoms with Crippen LogP contribution in [0.5, 0.6) is 0 Å². The summed E-state index contributed by atoms with van der Waals surface area (Å²) in [6.45, 7) is 1.74. The fraction of sp³-hybridized carbons (Fsp3) is 0.158. The highest BCUT2D eigenvalue weighted by Gasteiger charge is 2.27. The van der Waals surface area contributed by atoms with Crippen LogP contribution in [0, 0.1) is 0 Å². The van der Waals surface area contributed by atoms with Crippen molar-refractivity contribution in [1.29, 1.82) is 0 Å². The summed E-state index contributed by atoms with van der Waals surface area (Å²) in [5.41, 5.74) is 2.33. The van der Waals surface area contributed by atoms with Crippen molar-refractivity contribution in [2.24, 2.45) is 0 Å². The molecule has 7 heteroatoms. The SMILES string of the molecule is C/C(=C1\SC(=O)NC1=O)c1ccc(S(=O)(=O)CCc2ccccc2)cc1.